The fraction of sp³-hybridized carbons (Fsp3) is 0.0714. The monoisotopic (exact) mass is 320 g/mol. The summed E-state index contributed by atoms with van der Waals surface area (Å²) in [6.07, 6.45) is 0. The number of nitriles is 1. The van der Waals surface area contributed by atoms with Gasteiger partial charge in [-0.3, -0.25) is 0 Å². The first kappa shape index (κ1) is 13.4. The van der Waals surface area contributed by atoms with E-state index in [1.807, 2.05) is 19.1 Å². The summed E-state index contributed by atoms with van der Waals surface area (Å²) in [7, 11) is 0. The molecule has 0 radical (unpaired) electrons. The van der Waals surface area contributed by atoms with Gasteiger partial charge in [0, 0.05) is 0 Å². The van der Waals surface area contributed by atoms with Crippen molar-refractivity contribution in [2.45, 2.75) is 6.92 Å². The van der Waals surface area contributed by atoms with Crippen molar-refractivity contribution in [1.82, 2.24) is 0 Å². The highest BCUT2D eigenvalue weighted by molar-refractivity contribution is 9.10. The molecule has 5 heteroatoms. The van der Waals surface area contributed by atoms with Gasteiger partial charge in [0.1, 0.15) is 6.07 Å². The second-order valence-electron chi connectivity index (χ2n) is 3.99. The Morgan fingerprint density at radius 1 is 1.26 bits per heavy atom. The molecule has 0 saturated heterocycles. The largest absolute Gasteiger partial charge is 0.452 e. The van der Waals surface area contributed by atoms with E-state index >= 15 is 0 Å². The molecule has 0 saturated carbocycles. The summed E-state index contributed by atoms with van der Waals surface area (Å²) in [6, 6.07) is 10.0. The third-order valence-electron chi connectivity index (χ3n) is 2.56. The second-order valence-corrected chi connectivity index (χ2v) is 4.79. The lowest BCUT2D eigenvalue weighted by Gasteiger charge is -2.11. The summed E-state index contributed by atoms with van der Waals surface area (Å²) >= 11 is 3.03. The molecule has 0 aliphatic heterocycles. The normalized spacial score (nSPS) is 10.0. The SMILES string of the molecule is Cc1ccc(N)c(Oc2ccc(C#N)c(Br)c2F)c1. The Labute approximate surface area is 118 Å². The number of hydrogen-bond acceptors (Lipinski definition) is 3. The maximum atomic E-state index is 14.0. The van der Waals surface area contributed by atoms with E-state index in [1.54, 1.807) is 12.1 Å². The number of rotatable bonds is 2. The number of nitrogen functional groups attached to an aromatic ring is 1. The van der Waals surface area contributed by atoms with Crippen molar-refractivity contribution in [1.29, 1.82) is 5.26 Å². The molecule has 2 aromatic rings. The first-order valence-corrected chi connectivity index (χ1v) is 6.24. The Hall–Kier alpha value is -2.06. The molecule has 0 unspecified atom stereocenters. The van der Waals surface area contributed by atoms with Crippen LogP contribution in [0.4, 0.5) is 10.1 Å². The highest BCUT2D eigenvalue weighted by Gasteiger charge is 2.13. The molecule has 0 aromatic heterocycles. The van der Waals surface area contributed by atoms with Crippen LogP contribution in [0.15, 0.2) is 34.8 Å². The lowest BCUT2D eigenvalue weighted by molar-refractivity contribution is 0.442. The van der Waals surface area contributed by atoms with Crippen molar-refractivity contribution in [3.05, 3.63) is 51.7 Å². The quantitative estimate of drug-likeness (QED) is 0.846. The number of halogens is 2. The van der Waals surface area contributed by atoms with Gasteiger partial charge >= 0.3 is 0 Å². The second kappa shape index (κ2) is 5.29. The van der Waals surface area contributed by atoms with E-state index in [2.05, 4.69) is 15.9 Å². The summed E-state index contributed by atoms with van der Waals surface area (Å²) in [5, 5.41) is 8.80. The van der Waals surface area contributed by atoms with Gasteiger partial charge in [-0.05, 0) is 52.7 Å². The summed E-state index contributed by atoms with van der Waals surface area (Å²) in [5.74, 6) is -0.223. The van der Waals surface area contributed by atoms with E-state index in [9.17, 15) is 4.39 Å². The van der Waals surface area contributed by atoms with Crippen LogP contribution >= 0.6 is 15.9 Å². The lowest BCUT2D eigenvalue weighted by Crippen LogP contribution is -1.96. The topological polar surface area (TPSA) is 59.0 Å². The number of benzene rings is 2. The highest BCUT2D eigenvalue weighted by Crippen LogP contribution is 2.34. The van der Waals surface area contributed by atoms with Gasteiger partial charge in [-0.15, -0.1) is 0 Å². The highest BCUT2D eigenvalue weighted by atomic mass is 79.9. The maximum absolute atomic E-state index is 14.0. The van der Waals surface area contributed by atoms with E-state index in [-0.39, 0.29) is 15.8 Å². The third kappa shape index (κ3) is 2.69. The van der Waals surface area contributed by atoms with Gasteiger partial charge in [0.25, 0.3) is 0 Å². The summed E-state index contributed by atoms with van der Waals surface area (Å²) in [4.78, 5) is 0. The van der Waals surface area contributed by atoms with Crippen molar-refractivity contribution in [2.24, 2.45) is 0 Å². The predicted octanol–water partition coefficient (Wildman–Crippen LogP) is 4.14. The van der Waals surface area contributed by atoms with Gasteiger partial charge in [0.05, 0.1) is 15.7 Å². The molecule has 0 aliphatic rings. The Balaban J connectivity index is 2.42. The van der Waals surface area contributed by atoms with Crippen LogP contribution < -0.4 is 10.5 Å². The Bertz CT molecular complexity index is 680. The number of nitrogens with zero attached hydrogens (tertiary/aromatic N) is 1. The van der Waals surface area contributed by atoms with E-state index in [4.69, 9.17) is 15.7 Å². The van der Waals surface area contributed by atoms with Gasteiger partial charge in [0.15, 0.2) is 17.3 Å². The summed E-state index contributed by atoms with van der Waals surface area (Å²) in [6.45, 7) is 1.89. The van der Waals surface area contributed by atoms with Crippen molar-refractivity contribution in [3.63, 3.8) is 0 Å². The Morgan fingerprint density at radius 3 is 2.68 bits per heavy atom. The molecule has 2 N–H and O–H groups in total. The van der Waals surface area contributed by atoms with Crippen molar-refractivity contribution in [3.8, 4) is 17.6 Å². The Kier molecular flexibility index (Phi) is 3.72. The molecule has 0 atom stereocenters. The lowest BCUT2D eigenvalue weighted by atomic mass is 10.2. The number of ether oxygens (including phenoxy) is 1. The van der Waals surface area contributed by atoms with Crippen molar-refractivity contribution >= 4 is 21.6 Å². The van der Waals surface area contributed by atoms with E-state index in [0.29, 0.717) is 11.4 Å². The van der Waals surface area contributed by atoms with Gasteiger partial charge in [0.2, 0.25) is 0 Å². The standard InChI is InChI=1S/C14H10BrFN2O/c1-8-2-4-10(18)12(6-8)19-11-5-3-9(7-17)13(15)14(11)16/h2-6H,18H2,1H3. The molecule has 0 amide bonds. The minimum Gasteiger partial charge on any atom is -0.452 e. The van der Waals surface area contributed by atoms with Gasteiger partial charge in [-0.25, -0.2) is 4.39 Å². The van der Waals surface area contributed by atoms with Crippen LogP contribution in [0.5, 0.6) is 11.5 Å². The fourth-order valence-corrected chi connectivity index (χ4v) is 1.96. The molecule has 96 valence electrons. The van der Waals surface area contributed by atoms with E-state index in [1.165, 1.54) is 12.1 Å². The molecule has 0 bridgehead atoms. The number of nitrogens with two attached hydrogens (primary N) is 1. The smallest absolute Gasteiger partial charge is 0.181 e. The summed E-state index contributed by atoms with van der Waals surface area (Å²) < 4.78 is 19.5. The molecule has 19 heavy (non-hydrogen) atoms. The third-order valence-corrected chi connectivity index (χ3v) is 3.33. The van der Waals surface area contributed by atoms with Gasteiger partial charge in [-0.1, -0.05) is 6.07 Å². The van der Waals surface area contributed by atoms with Crippen LogP contribution in [-0.4, -0.2) is 0 Å². The summed E-state index contributed by atoms with van der Waals surface area (Å²) in [5.41, 5.74) is 7.36. The number of hydrogen-bond donors (Lipinski definition) is 1. The van der Waals surface area contributed by atoms with Crippen LogP contribution in [0.2, 0.25) is 0 Å². The molecular weight excluding hydrogens is 311 g/mol. The fourth-order valence-electron chi connectivity index (χ4n) is 1.55. The number of anilines is 1. The van der Waals surface area contributed by atoms with Crippen LogP contribution in [0.25, 0.3) is 0 Å². The van der Waals surface area contributed by atoms with Crippen molar-refractivity contribution < 1.29 is 9.13 Å². The zero-order valence-corrected chi connectivity index (χ0v) is 11.7. The van der Waals surface area contributed by atoms with Gasteiger partial charge in [-0.2, -0.15) is 5.26 Å². The molecule has 2 aromatic carbocycles. The van der Waals surface area contributed by atoms with Crippen LogP contribution in [0.3, 0.4) is 0 Å². The molecule has 0 heterocycles. The van der Waals surface area contributed by atoms with E-state index in [0.717, 1.165) is 5.56 Å². The molecule has 3 nitrogen and oxygen atoms in total. The van der Waals surface area contributed by atoms with Crippen LogP contribution in [-0.2, 0) is 0 Å². The molecule has 0 spiro atoms. The Morgan fingerprint density at radius 2 is 2.00 bits per heavy atom. The zero-order chi connectivity index (χ0) is 14.0. The van der Waals surface area contributed by atoms with Crippen LogP contribution in [0.1, 0.15) is 11.1 Å². The van der Waals surface area contributed by atoms with Gasteiger partial charge < -0.3 is 10.5 Å². The average molecular weight is 321 g/mol. The molecule has 0 fully saturated rings. The predicted molar refractivity (Wildman–Crippen MR) is 74.5 cm³/mol. The minimum atomic E-state index is -0.625. The molecule has 2 rings (SSSR count). The van der Waals surface area contributed by atoms with Crippen LogP contribution in [0, 0.1) is 24.1 Å². The zero-order valence-electron chi connectivity index (χ0n) is 10.1. The maximum Gasteiger partial charge on any atom is 0.181 e. The first-order chi connectivity index (χ1) is 9.02. The first-order valence-electron chi connectivity index (χ1n) is 5.45. The van der Waals surface area contributed by atoms with Crippen molar-refractivity contribution in [2.75, 3.05) is 5.73 Å². The van der Waals surface area contributed by atoms with E-state index < -0.39 is 5.82 Å². The average Bonchev–Trinajstić information content (AvgIpc) is 2.39. The number of aryl methyl sites for hydroxylation is 1. The molecule has 0 aliphatic carbocycles. The molecular formula is C14H10BrFN2O. The minimum absolute atomic E-state index is 0.0168.